The summed E-state index contributed by atoms with van der Waals surface area (Å²) in [6.07, 6.45) is 0. The summed E-state index contributed by atoms with van der Waals surface area (Å²) in [6.45, 7) is 5.74. The number of hydrogen-bond acceptors (Lipinski definition) is 4. The predicted molar refractivity (Wildman–Crippen MR) is 65.5 cm³/mol. The van der Waals surface area contributed by atoms with E-state index in [-0.39, 0.29) is 11.2 Å². The van der Waals surface area contributed by atoms with E-state index in [0.29, 0.717) is 11.6 Å². The number of carbonyl (C=O) groups is 1. The number of rotatable bonds is 2. The normalized spacial score (nSPS) is 11.7. The van der Waals surface area contributed by atoms with E-state index in [9.17, 15) is 4.79 Å². The van der Waals surface area contributed by atoms with Crippen molar-refractivity contribution in [1.82, 2.24) is 4.98 Å². The highest BCUT2D eigenvalue weighted by Gasteiger charge is 2.29. The second-order valence-electron chi connectivity index (χ2n) is 4.73. The molecule has 2 aromatic rings. The van der Waals surface area contributed by atoms with Gasteiger partial charge >= 0.3 is 5.97 Å². The molecule has 0 fully saturated rings. The molecule has 0 saturated heterocycles. The fraction of sp³-hybridized carbons (Fsp3) is 0.333. The van der Waals surface area contributed by atoms with Crippen molar-refractivity contribution in [3.63, 3.8) is 0 Å². The molecule has 2 rings (SSSR count). The SMILES string of the molecule is CC(C)(C)c1nc(-c2cccs2)oc1C(=O)O. The second kappa shape index (κ2) is 4.00. The van der Waals surface area contributed by atoms with Crippen LogP contribution >= 0.6 is 11.3 Å². The van der Waals surface area contributed by atoms with E-state index in [1.165, 1.54) is 11.3 Å². The number of nitrogens with zero attached hydrogens (tertiary/aromatic N) is 1. The molecule has 0 unspecified atom stereocenters. The first-order valence-corrected chi connectivity index (χ1v) is 6.06. The highest BCUT2D eigenvalue weighted by Crippen LogP contribution is 2.31. The van der Waals surface area contributed by atoms with Gasteiger partial charge in [0.05, 0.1) is 4.88 Å². The quantitative estimate of drug-likeness (QED) is 0.888. The monoisotopic (exact) mass is 251 g/mol. The third kappa shape index (κ3) is 2.24. The number of carboxylic acid groups (broad SMARTS) is 1. The minimum Gasteiger partial charge on any atom is -0.475 e. The summed E-state index contributed by atoms with van der Waals surface area (Å²) >= 11 is 1.47. The molecule has 0 aliphatic carbocycles. The molecular formula is C12H13NO3S. The first kappa shape index (κ1) is 11.9. The van der Waals surface area contributed by atoms with Gasteiger partial charge in [-0.2, -0.15) is 0 Å². The Balaban J connectivity index is 2.56. The van der Waals surface area contributed by atoms with Crippen molar-refractivity contribution in [2.75, 3.05) is 0 Å². The van der Waals surface area contributed by atoms with Crippen molar-refractivity contribution in [3.8, 4) is 10.8 Å². The Kier molecular flexibility index (Phi) is 2.79. The van der Waals surface area contributed by atoms with Gasteiger partial charge in [0.15, 0.2) is 0 Å². The van der Waals surface area contributed by atoms with Crippen LogP contribution in [0.2, 0.25) is 0 Å². The van der Waals surface area contributed by atoms with Gasteiger partial charge in [0, 0.05) is 5.41 Å². The first-order chi connectivity index (χ1) is 7.89. The summed E-state index contributed by atoms with van der Waals surface area (Å²) in [7, 11) is 0. The van der Waals surface area contributed by atoms with Crippen LogP contribution in [-0.2, 0) is 5.41 Å². The summed E-state index contributed by atoms with van der Waals surface area (Å²) in [5.41, 5.74) is 0.126. The van der Waals surface area contributed by atoms with E-state index in [4.69, 9.17) is 9.52 Å². The van der Waals surface area contributed by atoms with Gasteiger partial charge in [0.1, 0.15) is 5.69 Å². The summed E-state index contributed by atoms with van der Waals surface area (Å²) in [4.78, 5) is 16.3. The second-order valence-corrected chi connectivity index (χ2v) is 5.68. The molecule has 1 N–H and O–H groups in total. The summed E-state index contributed by atoms with van der Waals surface area (Å²) in [5, 5.41) is 11.0. The molecule has 2 heterocycles. The fourth-order valence-corrected chi connectivity index (χ4v) is 2.13. The van der Waals surface area contributed by atoms with Crippen LogP contribution in [0.1, 0.15) is 37.0 Å². The van der Waals surface area contributed by atoms with Crippen LogP contribution in [-0.4, -0.2) is 16.1 Å². The Morgan fingerprint density at radius 2 is 2.18 bits per heavy atom. The number of oxazole rings is 1. The third-order valence-corrected chi connectivity index (χ3v) is 3.12. The third-order valence-electron chi connectivity index (χ3n) is 2.26. The number of aromatic carboxylic acids is 1. The molecule has 0 aliphatic heterocycles. The number of carboxylic acids is 1. The Morgan fingerprint density at radius 1 is 1.47 bits per heavy atom. The molecule has 0 atom stereocenters. The van der Waals surface area contributed by atoms with E-state index in [0.717, 1.165) is 4.88 Å². The van der Waals surface area contributed by atoms with Gasteiger partial charge in [-0.05, 0) is 11.4 Å². The fourth-order valence-electron chi connectivity index (χ4n) is 1.48. The zero-order chi connectivity index (χ0) is 12.6. The molecule has 0 saturated carbocycles. The Hall–Kier alpha value is -1.62. The molecule has 0 amide bonds. The summed E-state index contributed by atoms with van der Waals surface area (Å²) < 4.78 is 5.35. The van der Waals surface area contributed by atoms with E-state index >= 15 is 0 Å². The molecule has 17 heavy (non-hydrogen) atoms. The maximum absolute atomic E-state index is 11.1. The summed E-state index contributed by atoms with van der Waals surface area (Å²) in [5.74, 6) is -0.770. The zero-order valence-corrected chi connectivity index (χ0v) is 10.7. The van der Waals surface area contributed by atoms with Gasteiger partial charge in [0.25, 0.3) is 0 Å². The molecule has 5 heteroatoms. The number of hydrogen-bond donors (Lipinski definition) is 1. The zero-order valence-electron chi connectivity index (χ0n) is 9.85. The molecule has 0 aromatic carbocycles. The molecule has 0 spiro atoms. The Bertz CT molecular complexity index is 535. The van der Waals surface area contributed by atoms with Crippen LogP contribution < -0.4 is 0 Å². The Labute approximate surface area is 103 Å². The average Bonchev–Trinajstić information content (AvgIpc) is 2.85. The highest BCUT2D eigenvalue weighted by atomic mass is 32.1. The molecule has 90 valence electrons. The highest BCUT2D eigenvalue weighted by molar-refractivity contribution is 7.13. The van der Waals surface area contributed by atoms with Gasteiger partial charge in [0.2, 0.25) is 11.7 Å². The molecule has 0 bridgehead atoms. The van der Waals surface area contributed by atoms with E-state index in [1.807, 2.05) is 38.3 Å². The maximum Gasteiger partial charge on any atom is 0.373 e. The lowest BCUT2D eigenvalue weighted by Crippen LogP contribution is -2.16. The predicted octanol–water partition coefficient (Wildman–Crippen LogP) is 3.40. The average molecular weight is 251 g/mol. The molecule has 4 nitrogen and oxygen atoms in total. The smallest absolute Gasteiger partial charge is 0.373 e. The molecule has 0 radical (unpaired) electrons. The first-order valence-electron chi connectivity index (χ1n) is 5.18. The Morgan fingerprint density at radius 3 is 2.59 bits per heavy atom. The maximum atomic E-state index is 11.1. The molecular weight excluding hydrogens is 238 g/mol. The molecule has 2 aromatic heterocycles. The van der Waals surface area contributed by atoms with Crippen LogP contribution in [0.4, 0.5) is 0 Å². The number of thiophene rings is 1. The number of aromatic nitrogens is 1. The van der Waals surface area contributed by atoms with Crippen molar-refractivity contribution in [2.45, 2.75) is 26.2 Å². The van der Waals surface area contributed by atoms with Crippen LogP contribution in [0, 0.1) is 0 Å². The van der Waals surface area contributed by atoms with Gasteiger partial charge in [-0.25, -0.2) is 9.78 Å². The van der Waals surface area contributed by atoms with Gasteiger partial charge in [-0.1, -0.05) is 26.8 Å². The lowest BCUT2D eigenvalue weighted by molar-refractivity contribution is 0.0659. The van der Waals surface area contributed by atoms with Crippen molar-refractivity contribution in [3.05, 3.63) is 29.0 Å². The van der Waals surface area contributed by atoms with Crippen LogP contribution in [0.5, 0.6) is 0 Å². The lowest BCUT2D eigenvalue weighted by atomic mass is 9.91. The van der Waals surface area contributed by atoms with E-state index in [2.05, 4.69) is 4.98 Å². The van der Waals surface area contributed by atoms with Crippen molar-refractivity contribution < 1.29 is 14.3 Å². The van der Waals surface area contributed by atoms with Gasteiger partial charge in [-0.15, -0.1) is 11.3 Å². The van der Waals surface area contributed by atoms with Gasteiger partial charge in [-0.3, -0.25) is 0 Å². The summed E-state index contributed by atoms with van der Waals surface area (Å²) in [6, 6.07) is 3.73. The van der Waals surface area contributed by atoms with Crippen molar-refractivity contribution in [1.29, 1.82) is 0 Å². The van der Waals surface area contributed by atoms with Crippen LogP contribution in [0.15, 0.2) is 21.9 Å². The minimum absolute atomic E-state index is 0.0686. The molecule has 0 aliphatic rings. The minimum atomic E-state index is -1.08. The van der Waals surface area contributed by atoms with Gasteiger partial charge < -0.3 is 9.52 Å². The van der Waals surface area contributed by atoms with E-state index in [1.54, 1.807) is 0 Å². The standard InChI is InChI=1S/C12H13NO3S/c1-12(2,3)9-8(11(14)15)16-10(13-9)7-5-4-6-17-7/h4-6H,1-3H3,(H,14,15). The van der Waals surface area contributed by atoms with Crippen molar-refractivity contribution >= 4 is 17.3 Å². The topological polar surface area (TPSA) is 63.3 Å². The van der Waals surface area contributed by atoms with Crippen LogP contribution in [0.3, 0.4) is 0 Å². The van der Waals surface area contributed by atoms with E-state index < -0.39 is 5.97 Å². The van der Waals surface area contributed by atoms with Crippen molar-refractivity contribution in [2.24, 2.45) is 0 Å². The van der Waals surface area contributed by atoms with Crippen LogP contribution in [0.25, 0.3) is 10.8 Å². The lowest BCUT2D eigenvalue weighted by Gasteiger charge is -2.14. The largest absolute Gasteiger partial charge is 0.475 e.